The smallest absolute Gasteiger partial charge is 0.422 e. The number of rotatable bonds is 16. The Bertz CT molecular complexity index is 1940. The minimum absolute atomic E-state index is 0.0461. The van der Waals surface area contributed by atoms with Crippen LogP contribution in [-0.4, -0.2) is 69.6 Å². The number of carboxylic acids is 1. The third-order valence-corrected chi connectivity index (χ3v) is 7.98. The summed E-state index contributed by atoms with van der Waals surface area (Å²) in [6.07, 6.45) is -4.08. The lowest BCUT2D eigenvalue weighted by Gasteiger charge is -2.19. The van der Waals surface area contributed by atoms with Crippen molar-refractivity contribution in [2.45, 2.75) is 43.4 Å². The summed E-state index contributed by atoms with van der Waals surface area (Å²) in [5.74, 6) is -3.80. The van der Waals surface area contributed by atoms with Gasteiger partial charge in [-0.25, -0.2) is 4.79 Å². The highest BCUT2D eigenvalue weighted by Crippen LogP contribution is 2.48. The lowest BCUT2D eigenvalue weighted by molar-refractivity contribution is -0.154. The number of nitrogens with one attached hydrogen (secondary N) is 4. The number of methoxy groups -OCH3 is 1. The molecule has 1 aliphatic carbocycles. The fourth-order valence-corrected chi connectivity index (χ4v) is 5.02. The second-order valence-electron chi connectivity index (χ2n) is 11.6. The predicted octanol–water partition coefficient (Wildman–Crippen LogP) is 5.49. The van der Waals surface area contributed by atoms with E-state index in [2.05, 4.69) is 36.2 Å². The summed E-state index contributed by atoms with van der Waals surface area (Å²) in [5.41, 5.74) is 0.984. The van der Waals surface area contributed by atoms with Crippen molar-refractivity contribution in [1.29, 1.82) is 0 Å². The van der Waals surface area contributed by atoms with Crippen molar-refractivity contribution in [2.75, 3.05) is 29.7 Å². The van der Waals surface area contributed by atoms with Gasteiger partial charge in [-0.1, -0.05) is 29.8 Å². The molecule has 0 radical (unpaired) electrons. The number of carbonyl (C=O) groups is 4. The number of alkyl halides is 3. The molecule has 4 aromatic rings. The number of halogens is 4. The molecule has 0 aliphatic heterocycles. The van der Waals surface area contributed by atoms with E-state index in [9.17, 15) is 37.5 Å². The highest BCUT2D eigenvalue weighted by Gasteiger charge is 2.45. The van der Waals surface area contributed by atoms with Gasteiger partial charge in [0.15, 0.2) is 6.61 Å². The Morgan fingerprint density at radius 2 is 1.63 bits per heavy atom. The van der Waals surface area contributed by atoms with Crippen molar-refractivity contribution >= 4 is 58.4 Å². The molecule has 5 N–H and O–H groups in total. The molecule has 0 spiro atoms. The zero-order valence-corrected chi connectivity index (χ0v) is 28.0. The summed E-state index contributed by atoms with van der Waals surface area (Å²) in [6, 6.07) is 16.9. The molecule has 0 bridgehead atoms. The van der Waals surface area contributed by atoms with Crippen LogP contribution >= 0.6 is 11.6 Å². The Morgan fingerprint density at radius 3 is 2.27 bits per heavy atom. The van der Waals surface area contributed by atoms with Crippen LogP contribution in [0.4, 0.5) is 36.4 Å². The van der Waals surface area contributed by atoms with E-state index in [-0.39, 0.29) is 23.9 Å². The molecule has 272 valence electrons. The summed E-state index contributed by atoms with van der Waals surface area (Å²) in [5, 5.41) is 20.9. The Kier molecular flexibility index (Phi) is 11.4. The van der Waals surface area contributed by atoms with Gasteiger partial charge in [-0.3, -0.25) is 14.4 Å². The first-order valence-corrected chi connectivity index (χ1v) is 16.0. The fraction of sp³-hybridized carbons (Fsp3) is 0.265. The number of ether oxygens (including phenoxy) is 2. The normalized spacial score (nSPS) is 13.6. The number of carboxylic acid groups (broad SMARTS) is 1. The molecule has 1 heterocycles. The number of anilines is 4. The maximum absolute atomic E-state index is 12.9. The molecule has 1 saturated carbocycles. The van der Waals surface area contributed by atoms with Crippen LogP contribution in [0.5, 0.6) is 11.8 Å². The lowest BCUT2D eigenvalue weighted by Crippen LogP contribution is -2.41. The van der Waals surface area contributed by atoms with Gasteiger partial charge in [0.25, 0.3) is 11.8 Å². The molecule has 18 heteroatoms. The van der Waals surface area contributed by atoms with E-state index < -0.39 is 60.4 Å². The molecule has 0 unspecified atom stereocenters. The quantitative estimate of drug-likeness (QED) is 0.0908. The van der Waals surface area contributed by atoms with E-state index in [0.29, 0.717) is 35.0 Å². The minimum Gasteiger partial charge on any atom is -0.497 e. The average molecular weight is 742 g/mol. The van der Waals surface area contributed by atoms with Gasteiger partial charge in [0, 0.05) is 34.4 Å². The highest BCUT2D eigenvalue weighted by molar-refractivity contribution is 6.40. The van der Waals surface area contributed by atoms with Gasteiger partial charge < -0.3 is 35.8 Å². The maximum atomic E-state index is 12.9. The van der Waals surface area contributed by atoms with Crippen molar-refractivity contribution in [2.24, 2.45) is 0 Å². The molecule has 14 nitrogen and oxygen atoms in total. The Labute approximate surface area is 299 Å². The van der Waals surface area contributed by atoms with Gasteiger partial charge in [0.1, 0.15) is 11.8 Å². The molecule has 52 heavy (non-hydrogen) atoms. The molecular formula is C34H31ClF3N7O7. The number of hydrogen-bond acceptors (Lipinski definition) is 11. The third kappa shape index (κ3) is 10.3. The molecule has 1 aromatic heterocycles. The van der Waals surface area contributed by atoms with Crippen molar-refractivity contribution < 1.29 is 46.9 Å². The van der Waals surface area contributed by atoms with Crippen LogP contribution in [0.3, 0.4) is 0 Å². The van der Waals surface area contributed by atoms with Crippen LogP contribution in [-0.2, 0) is 19.9 Å². The first kappa shape index (κ1) is 37.3. The highest BCUT2D eigenvalue weighted by atomic mass is 35.5. The molecule has 3 aromatic carbocycles. The topological polar surface area (TPSA) is 194 Å². The first-order valence-electron chi connectivity index (χ1n) is 15.6. The monoisotopic (exact) mass is 741 g/mol. The van der Waals surface area contributed by atoms with Gasteiger partial charge in [-0.15, -0.1) is 0 Å². The van der Waals surface area contributed by atoms with Gasteiger partial charge >= 0.3 is 18.2 Å². The molecule has 0 saturated heterocycles. The van der Waals surface area contributed by atoms with E-state index >= 15 is 0 Å². The zero-order chi connectivity index (χ0) is 37.5. The van der Waals surface area contributed by atoms with Crippen LogP contribution in [0.15, 0.2) is 72.8 Å². The minimum atomic E-state index is -4.65. The number of nitrogens with zero attached hydrogens (tertiary/aromatic N) is 3. The second kappa shape index (κ2) is 15.9. The number of Topliss-reactive ketones (excluding diaryl/α,β-unsaturated/α-hetero) is 1. The standard InChI is InChI=1S/C34H31ClF3N7O7/c1-51-24-4-2-3-23(17-24)39-28(48)26(46)14-13-25(29(49)50)41-27(47)19-5-11-22(12-6-19)40-30-42-31(44-32(43-30)52-18-34(36,37)38)45-33(15-16-33)20-7-9-21(35)10-8-20/h2-12,17,25H,13-16,18H2,1H3,(H,39,48)(H,41,47)(H,49,50)(H2,40,42,43,44,45)/t25-/m0/s1. The van der Waals surface area contributed by atoms with E-state index in [4.69, 9.17) is 21.1 Å². The lowest BCUT2D eigenvalue weighted by atomic mass is 10.1. The molecule has 2 amide bonds. The van der Waals surface area contributed by atoms with E-state index in [1.54, 1.807) is 30.3 Å². The number of benzene rings is 3. The Balaban J connectivity index is 1.22. The Morgan fingerprint density at radius 1 is 0.942 bits per heavy atom. The summed E-state index contributed by atoms with van der Waals surface area (Å²) in [7, 11) is 1.44. The summed E-state index contributed by atoms with van der Waals surface area (Å²) in [4.78, 5) is 61.7. The number of aliphatic carboxylic acids is 1. The number of ketones is 1. The van der Waals surface area contributed by atoms with Crippen LogP contribution in [0.1, 0.15) is 41.6 Å². The number of amides is 2. The largest absolute Gasteiger partial charge is 0.497 e. The Hall–Kier alpha value is -5.97. The van der Waals surface area contributed by atoms with Gasteiger partial charge in [0.2, 0.25) is 17.7 Å². The van der Waals surface area contributed by atoms with Gasteiger partial charge in [-0.05, 0) is 73.4 Å². The van der Waals surface area contributed by atoms with E-state index in [1.807, 2.05) is 12.1 Å². The average Bonchev–Trinajstić information content (AvgIpc) is 3.89. The SMILES string of the molecule is COc1cccc(NC(=O)C(=O)CC[C@H](NC(=O)c2ccc(Nc3nc(NC4(c5ccc(Cl)cc5)CC4)nc(OCC(F)(F)F)n3)cc2)C(=O)O)c1. The molecule has 5 rings (SSSR count). The maximum Gasteiger partial charge on any atom is 0.422 e. The second-order valence-corrected chi connectivity index (χ2v) is 12.0. The first-order chi connectivity index (χ1) is 24.7. The van der Waals surface area contributed by atoms with Crippen LogP contribution in [0.25, 0.3) is 0 Å². The fourth-order valence-electron chi connectivity index (χ4n) is 4.90. The molecular weight excluding hydrogens is 711 g/mol. The van der Waals surface area contributed by atoms with E-state index in [0.717, 1.165) is 5.56 Å². The van der Waals surface area contributed by atoms with Crippen molar-refractivity contribution in [3.63, 3.8) is 0 Å². The van der Waals surface area contributed by atoms with Crippen LogP contribution in [0, 0.1) is 0 Å². The predicted molar refractivity (Wildman–Crippen MR) is 182 cm³/mol. The number of hydrogen-bond donors (Lipinski definition) is 5. The van der Waals surface area contributed by atoms with Gasteiger partial charge in [-0.2, -0.15) is 28.1 Å². The number of carbonyl (C=O) groups excluding carboxylic acids is 3. The number of aromatic nitrogens is 3. The molecule has 1 aliphatic rings. The summed E-state index contributed by atoms with van der Waals surface area (Å²) >= 11 is 6.01. The van der Waals surface area contributed by atoms with E-state index in [1.165, 1.54) is 37.4 Å². The summed E-state index contributed by atoms with van der Waals surface area (Å²) < 4.78 is 48.6. The molecule has 1 atom stereocenters. The van der Waals surface area contributed by atoms with Gasteiger partial charge in [0.05, 0.1) is 12.6 Å². The summed E-state index contributed by atoms with van der Waals surface area (Å²) in [6.45, 7) is -1.63. The van der Waals surface area contributed by atoms with Crippen LogP contribution < -0.4 is 30.7 Å². The van der Waals surface area contributed by atoms with Crippen LogP contribution in [0.2, 0.25) is 5.02 Å². The van der Waals surface area contributed by atoms with Crippen molar-refractivity contribution in [3.05, 3.63) is 88.9 Å². The van der Waals surface area contributed by atoms with Crippen molar-refractivity contribution in [1.82, 2.24) is 20.3 Å². The zero-order valence-electron chi connectivity index (χ0n) is 27.3. The third-order valence-electron chi connectivity index (χ3n) is 7.73. The van der Waals surface area contributed by atoms with Crippen molar-refractivity contribution in [3.8, 4) is 11.8 Å². The molecule has 1 fully saturated rings.